The van der Waals surface area contributed by atoms with Crippen LogP contribution in [0.15, 0.2) is 6.07 Å². The lowest BCUT2D eigenvalue weighted by Crippen LogP contribution is -1.89. The van der Waals surface area contributed by atoms with Crippen molar-refractivity contribution in [2.45, 2.75) is 0 Å². The van der Waals surface area contributed by atoms with Crippen LogP contribution in [0.4, 0.5) is 11.6 Å². The van der Waals surface area contributed by atoms with Gasteiger partial charge in [-0.3, -0.25) is 14.2 Å². The van der Waals surface area contributed by atoms with E-state index in [1.807, 2.05) is 0 Å². The fourth-order valence-electron chi connectivity index (χ4n) is 0.353. The first-order chi connectivity index (χ1) is 5.29. The van der Waals surface area contributed by atoms with Crippen molar-refractivity contribution in [3.8, 4) is 0 Å². The summed E-state index contributed by atoms with van der Waals surface area (Å²) >= 11 is 0. The van der Waals surface area contributed by atoms with Crippen LogP contribution in [0, 0.1) is 0 Å². The molecule has 8 nitrogen and oxygen atoms in total. The molecular weight excluding hydrogens is 188 g/mol. The van der Waals surface area contributed by atoms with Crippen LogP contribution in [0.2, 0.25) is 0 Å². The molecule has 12 heavy (non-hydrogen) atoms. The Morgan fingerprint density at radius 3 is 1.92 bits per heavy atom. The molecule has 1 aromatic rings. The molecule has 0 saturated heterocycles. The monoisotopic (exact) mass is 196 g/mol. The summed E-state index contributed by atoms with van der Waals surface area (Å²) in [6, 6.07) is 1.56. The predicted molar refractivity (Wildman–Crippen MR) is 41.6 cm³/mol. The van der Waals surface area contributed by atoms with Crippen LogP contribution in [-0.2, 0) is 10.4 Å². The van der Waals surface area contributed by atoms with E-state index in [0.717, 1.165) is 0 Å². The Morgan fingerprint density at radius 2 is 1.83 bits per heavy atom. The van der Waals surface area contributed by atoms with Crippen LogP contribution < -0.4 is 11.5 Å². The molecule has 7 N–H and O–H groups in total. The van der Waals surface area contributed by atoms with E-state index < -0.39 is 10.4 Å². The van der Waals surface area contributed by atoms with Gasteiger partial charge in [-0.05, 0) is 0 Å². The molecule has 0 radical (unpaired) electrons. The largest absolute Gasteiger partial charge is 0.394 e. The quantitative estimate of drug-likeness (QED) is 0.330. The van der Waals surface area contributed by atoms with Gasteiger partial charge in [-0.1, -0.05) is 0 Å². The van der Waals surface area contributed by atoms with Crippen molar-refractivity contribution in [1.82, 2.24) is 10.2 Å². The molecule has 0 amide bonds. The maximum Gasteiger partial charge on any atom is 0.394 e. The second-order valence-electron chi connectivity index (χ2n) is 1.70. The summed E-state index contributed by atoms with van der Waals surface area (Å²) in [7, 11) is -4.67. The van der Waals surface area contributed by atoms with Crippen molar-refractivity contribution >= 4 is 22.0 Å². The van der Waals surface area contributed by atoms with Crippen LogP contribution in [0.25, 0.3) is 0 Å². The SMILES string of the molecule is Nc1cc(N)[nH]n1.O=S(=O)(O)O. The fraction of sp³-hybridized carbons (Fsp3) is 0. The molecule has 0 unspecified atom stereocenters. The first-order valence-electron chi connectivity index (χ1n) is 2.55. The average molecular weight is 196 g/mol. The van der Waals surface area contributed by atoms with Crippen LogP contribution in [0.3, 0.4) is 0 Å². The number of rotatable bonds is 0. The standard InChI is InChI=1S/C3H6N4.H2O4S/c4-2-1-3(5)7-6-2;1-5(2,3)4/h1H,(H5,4,5,6,7);(H2,1,2,3,4). The summed E-state index contributed by atoms with van der Waals surface area (Å²) in [6.45, 7) is 0. The van der Waals surface area contributed by atoms with Gasteiger partial charge in [0.15, 0.2) is 0 Å². The van der Waals surface area contributed by atoms with Crippen molar-refractivity contribution in [3.63, 3.8) is 0 Å². The summed E-state index contributed by atoms with van der Waals surface area (Å²) in [5, 5.41) is 6.02. The third-order valence-corrected chi connectivity index (χ3v) is 0.617. The van der Waals surface area contributed by atoms with Gasteiger partial charge in [0.2, 0.25) is 0 Å². The highest BCUT2D eigenvalue weighted by Gasteiger charge is 1.85. The van der Waals surface area contributed by atoms with E-state index >= 15 is 0 Å². The highest BCUT2D eigenvalue weighted by Crippen LogP contribution is 1.98. The molecule has 0 aliphatic carbocycles. The summed E-state index contributed by atoms with van der Waals surface area (Å²) in [5.41, 5.74) is 10.3. The Kier molecular flexibility index (Phi) is 3.47. The maximum atomic E-state index is 8.74. The van der Waals surface area contributed by atoms with Gasteiger partial charge in [0.1, 0.15) is 11.6 Å². The molecule has 0 spiro atoms. The van der Waals surface area contributed by atoms with Crippen molar-refractivity contribution < 1.29 is 17.5 Å². The highest BCUT2D eigenvalue weighted by atomic mass is 32.3. The van der Waals surface area contributed by atoms with Crippen molar-refractivity contribution in [2.24, 2.45) is 0 Å². The van der Waals surface area contributed by atoms with Crippen molar-refractivity contribution in [3.05, 3.63) is 6.07 Å². The molecule has 0 saturated carbocycles. The van der Waals surface area contributed by atoms with Gasteiger partial charge in [0, 0.05) is 6.07 Å². The summed E-state index contributed by atoms with van der Waals surface area (Å²) < 4.78 is 31.6. The Labute approximate surface area is 68.1 Å². The number of aromatic amines is 1. The van der Waals surface area contributed by atoms with E-state index in [1.54, 1.807) is 6.07 Å². The molecule has 0 fully saturated rings. The van der Waals surface area contributed by atoms with E-state index in [9.17, 15) is 0 Å². The lowest BCUT2D eigenvalue weighted by molar-refractivity contribution is 0.381. The lowest BCUT2D eigenvalue weighted by atomic mass is 10.6. The average Bonchev–Trinajstić information content (AvgIpc) is 2.09. The number of H-pyrrole nitrogens is 1. The number of nitrogens with one attached hydrogen (secondary N) is 1. The summed E-state index contributed by atoms with van der Waals surface area (Å²) in [4.78, 5) is 0. The normalized spacial score (nSPS) is 10.2. The van der Waals surface area contributed by atoms with E-state index in [4.69, 9.17) is 29.0 Å². The lowest BCUT2D eigenvalue weighted by Gasteiger charge is -1.70. The van der Waals surface area contributed by atoms with Crippen LogP contribution in [-0.4, -0.2) is 27.7 Å². The second-order valence-corrected chi connectivity index (χ2v) is 2.59. The smallest absolute Gasteiger partial charge is 0.384 e. The van der Waals surface area contributed by atoms with E-state index in [2.05, 4.69) is 10.2 Å². The van der Waals surface area contributed by atoms with E-state index in [0.29, 0.717) is 11.6 Å². The zero-order chi connectivity index (χ0) is 9.78. The van der Waals surface area contributed by atoms with Gasteiger partial charge in [-0.2, -0.15) is 13.5 Å². The topological polar surface area (TPSA) is 155 Å². The molecule has 70 valence electrons. The minimum absolute atomic E-state index is 0.428. The number of nitrogen functional groups attached to an aromatic ring is 2. The first kappa shape index (κ1) is 10.7. The number of nitrogens with two attached hydrogens (primary N) is 2. The fourth-order valence-corrected chi connectivity index (χ4v) is 0.353. The van der Waals surface area contributed by atoms with Crippen LogP contribution in [0.1, 0.15) is 0 Å². The number of aromatic nitrogens is 2. The van der Waals surface area contributed by atoms with Gasteiger partial charge in [-0.25, -0.2) is 0 Å². The zero-order valence-electron chi connectivity index (χ0n) is 5.80. The van der Waals surface area contributed by atoms with Gasteiger partial charge in [0.05, 0.1) is 0 Å². The Bertz CT molecular complexity index is 305. The molecule has 0 aliphatic rings. The van der Waals surface area contributed by atoms with Crippen molar-refractivity contribution in [1.29, 1.82) is 0 Å². The molecule has 0 atom stereocenters. The third-order valence-electron chi connectivity index (χ3n) is 0.617. The maximum absolute atomic E-state index is 8.74. The minimum atomic E-state index is -4.67. The molecule has 9 heteroatoms. The third kappa shape index (κ3) is 8.68. The Balaban J connectivity index is 0.000000217. The predicted octanol–water partition coefficient (Wildman–Crippen LogP) is -1.08. The van der Waals surface area contributed by atoms with Crippen molar-refractivity contribution in [2.75, 3.05) is 11.5 Å². The number of hydrogen-bond acceptors (Lipinski definition) is 5. The molecular formula is C3H8N4O4S. The number of nitrogens with zero attached hydrogens (tertiary/aromatic N) is 1. The van der Waals surface area contributed by atoms with E-state index in [-0.39, 0.29) is 0 Å². The number of hydrogen-bond donors (Lipinski definition) is 5. The van der Waals surface area contributed by atoms with Gasteiger partial charge >= 0.3 is 10.4 Å². The van der Waals surface area contributed by atoms with Gasteiger partial charge in [0.25, 0.3) is 0 Å². The highest BCUT2D eigenvalue weighted by molar-refractivity contribution is 7.79. The van der Waals surface area contributed by atoms with Crippen LogP contribution >= 0.6 is 0 Å². The zero-order valence-corrected chi connectivity index (χ0v) is 6.61. The molecule has 1 heterocycles. The van der Waals surface area contributed by atoms with Gasteiger partial charge in [-0.15, -0.1) is 0 Å². The first-order valence-corrected chi connectivity index (χ1v) is 3.95. The summed E-state index contributed by atoms with van der Waals surface area (Å²) in [6.07, 6.45) is 0. The second kappa shape index (κ2) is 3.90. The minimum Gasteiger partial charge on any atom is -0.384 e. The Morgan fingerprint density at radius 1 is 1.42 bits per heavy atom. The molecule has 0 bridgehead atoms. The molecule has 1 aromatic heterocycles. The van der Waals surface area contributed by atoms with Gasteiger partial charge < -0.3 is 11.5 Å². The molecule has 1 rings (SSSR count). The Hall–Kier alpha value is -1.32. The number of anilines is 2. The molecule has 0 aliphatic heterocycles. The van der Waals surface area contributed by atoms with E-state index in [1.165, 1.54) is 0 Å². The summed E-state index contributed by atoms with van der Waals surface area (Å²) in [5.74, 6) is 0.926. The van der Waals surface area contributed by atoms with Crippen LogP contribution in [0.5, 0.6) is 0 Å². The molecule has 0 aromatic carbocycles.